The van der Waals surface area contributed by atoms with Crippen molar-refractivity contribution in [3.05, 3.63) is 42.2 Å². The van der Waals surface area contributed by atoms with Crippen LogP contribution in [0.3, 0.4) is 0 Å². The third-order valence-electron chi connectivity index (χ3n) is 3.00. The minimum absolute atomic E-state index is 0.136. The Labute approximate surface area is 125 Å². The fourth-order valence-electron chi connectivity index (χ4n) is 2.03. The minimum Gasteiger partial charge on any atom is -0.493 e. The minimum atomic E-state index is 0.136. The van der Waals surface area contributed by atoms with Gasteiger partial charge in [-0.3, -0.25) is 4.68 Å². The first kappa shape index (κ1) is 15.4. The maximum atomic E-state index is 5.71. The summed E-state index contributed by atoms with van der Waals surface area (Å²) in [5.74, 6) is 1.56. The maximum absolute atomic E-state index is 5.71. The van der Waals surface area contributed by atoms with Crippen LogP contribution in [-0.2, 0) is 13.1 Å². The van der Waals surface area contributed by atoms with Crippen LogP contribution in [0.4, 0.5) is 0 Å². The van der Waals surface area contributed by atoms with Crippen molar-refractivity contribution in [2.45, 2.75) is 33.0 Å². The molecule has 114 valence electrons. The van der Waals surface area contributed by atoms with Gasteiger partial charge in [0.2, 0.25) is 0 Å². The van der Waals surface area contributed by atoms with Crippen LogP contribution in [0, 0.1) is 0 Å². The molecule has 0 bridgehead atoms. The van der Waals surface area contributed by atoms with E-state index in [0.717, 1.165) is 31.1 Å². The highest BCUT2D eigenvalue weighted by atomic mass is 16.5. The molecular weight excluding hydrogens is 266 g/mol. The Hall–Kier alpha value is -2.01. The Morgan fingerprint density at radius 3 is 2.81 bits per heavy atom. The van der Waals surface area contributed by atoms with E-state index in [9.17, 15) is 0 Å². The lowest BCUT2D eigenvalue weighted by Crippen LogP contribution is -2.19. The number of rotatable bonds is 8. The second-order valence-electron chi connectivity index (χ2n) is 5.10. The highest BCUT2D eigenvalue weighted by Crippen LogP contribution is 2.28. The lowest BCUT2D eigenvalue weighted by molar-refractivity contribution is 0.230. The molecular formula is C16H23N3O2. The van der Waals surface area contributed by atoms with E-state index in [2.05, 4.69) is 16.5 Å². The van der Waals surface area contributed by atoms with Gasteiger partial charge in [0, 0.05) is 25.5 Å². The number of nitrogens with one attached hydrogen (secondary N) is 1. The molecule has 0 aliphatic heterocycles. The summed E-state index contributed by atoms with van der Waals surface area (Å²) in [6.45, 7) is 6.53. The standard InChI is InChI=1S/C16H23N3O2/c1-13(2)21-15-6-5-14(11-16(15)20-3)12-17-8-10-19-9-4-7-18-19/h4-7,9,11,13,17H,8,10,12H2,1-3H3. The molecule has 0 unspecified atom stereocenters. The molecule has 0 saturated heterocycles. The molecule has 2 aromatic rings. The molecule has 0 saturated carbocycles. The molecule has 0 spiro atoms. The average Bonchev–Trinajstić information content (AvgIpc) is 2.97. The Morgan fingerprint density at radius 1 is 1.29 bits per heavy atom. The molecule has 1 heterocycles. The van der Waals surface area contributed by atoms with Gasteiger partial charge in [0.15, 0.2) is 11.5 Å². The largest absolute Gasteiger partial charge is 0.493 e. The van der Waals surface area contributed by atoms with Crippen molar-refractivity contribution in [2.24, 2.45) is 0 Å². The second-order valence-corrected chi connectivity index (χ2v) is 5.10. The molecule has 0 atom stereocenters. The third-order valence-corrected chi connectivity index (χ3v) is 3.00. The van der Waals surface area contributed by atoms with Gasteiger partial charge in [-0.25, -0.2) is 0 Å². The summed E-state index contributed by atoms with van der Waals surface area (Å²) < 4.78 is 13.0. The number of benzene rings is 1. The van der Waals surface area contributed by atoms with Crippen molar-refractivity contribution in [3.8, 4) is 11.5 Å². The number of ether oxygens (including phenoxy) is 2. The van der Waals surface area contributed by atoms with Crippen LogP contribution in [0.5, 0.6) is 11.5 Å². The normalized spacial score (nSPS) is 10.9. The summed E-state index contributed by atoms with van der Waals surface area (Å²) in [6, 6.07) is 7.96. The van der Waals surface area contributed by atoms with Crippen molar-refractivity contribution >= 4 is 0 Å². The zero-order chi connectivity index (χ0) is 15.1. The van der Waals surface area contributed by atoms with Crippen molar-refractivity contribution in [1.29, 1.82) is 0 Å². The lowest BCUT2D eigenvalue weighted by Gasteiger charge is -2.14. The Balaban J connectivity index is 1.85. The number of hydrogen-bond donors (Lipinski definition) is 1. The van der Waals surface area contributed by atoms with E-state index in [0.29, 0.717) is 0 Å². The van der Waals surface area contributed by atoms with E-state index in [-0.39, 0.29) is 6.10 Å². The van der Waals surface area contributed by atoms with Crippen molar-refractivity contribution < 1.29 is 9.47 Å². The Kier molecular flexibility index (Phi) is 5.63. The van der Waals surface area contributed by atoms with E-state index in [4.69, 9.17) is 9.47 Å². The monoisotopic (exact) mass is 289 g/mol. The van der Waals surface area contributed by atoms with Gasteiger partial charge in [-0.05, 0) is 37.6 Å². The van der Waals surface area contributed by atoms with Gasteiger partial charge in [0.05, 0.1) is 19.8 Å². The predicted molar refractivity (Wildman–Crippen MR) is 82.7 cm³/mol. The first-order valence-corrected chi connectivity index (χ1v) is 7.20. The van der Waals surface area contributed by atoms with Gasteiger partial charge in [0.25, 0.3) is 0 Å². The van der Waals surface area contributed by atoms with Gasteiger partial charge in [0.1, 0.15) is 0 Å². The number of aromatic nitrogens is 2. The summed E-state index contributed by atoms with van der Waals surface area (Å²) in [6.07, 6.45) is 3.89. The van der Waals surface area contributed by atoms with Crippen LogP contribution in [0.15, 0.2) is 36.7 Å². The predicted octanol–water partition coefficient (Wildman–Crippen LogP) is 2.47. The summed E-state index contributed by atoms with van der Waals surface area (Å²) in [7, 11) is 1.66. The molecule has 1 aromatic heterocycles. The highest BCUT2D eigenvalue weighted by molar-refractivity contribution is 5.43. The lowest BCUT2D eigenvalue weighted by atomic mass is 10.2. The Morgan fingerprint density at radius 2 is 2.14 bits per heavy atom. The third kappa shape index (κ3) is 4.79. The second kappa shape index (κ2) is 7.69. The number of hydrogen-bond acceptors (Lipinski definition) is 4. The molecule has 21 heavy (non-hydrogen) atoms. The molecule has 1 N–H and O–H groups in total. The van der Waals surface area contributed by atoms with Gasteiger partial charge in [-0.15, -0.1) is 0 Å². The SMILES string of the molecule is COc1cc(CNCCn2cccn2)ccc1OC(C)C. The summed E-state index contributed by atoms with van der Waals surface area (Å²) in [5, 5.41) is 7.56. The van der Waals surface area contributed by atoms with E-state index in [1.807, 2.05) is 42.9 Å². The van der Waals surface area contributed by atoms with E-state index < -0.39 is 0 Å². The maximum Gasteiger partial charge on any atom is 0.161 e. The molecule has 5 nitrogen and oxygen atoms in total. The first-order valence-electron chi connectivity index (χ1n) is 7.20. The summed E-state index contributed by atoms with van der Waals surface area (Å²) in [4.78, 5) is 0. The first-order chi connectivity index (χ1) is 10.2. The van der Waals surface area contributed by atoms with Crippen molar-refractivity contribution in [3.63, 3.8) is 0 Å². The topological polar surface area (TPSA) is 48.3 Å². The molecule has 2 rings (SSSR count). The number of methoxy groups -OCH3 is 1. The quantitative estimate of drug-likeness (QED) is 0.758. The molecule has 1 aromatic carbocycles. The summed E-state index contributed by atoms with van der Waals surface area (Å²) in [5.41, 5.74) is 1.17. The van der Waals surface area contributed by atoms with Gasteiger partial charge < -0.3 is 14.8 Å². The molecule has 5 heteroatoms. The highest BCUT2D eigenvalue weighted by Gasteiger charge is 2.07. The zero-order valence-electron chi connectivity index (χ0n) is 12.9. The van der Waals surface area contributed by atoms with E-state index in [1.165, 1.54) is 5.56 Å². The average molecular weight is 289 g/mol. The van der Waals surface area contributed by atoms with Crippen LogP contribution in [0.2, 0.25) is 0 Å². The van der Waals surface area contributed by atoms with Crippen LogP contribution in [-0.4, -0.2) is 29.5 Å². The zero-order valence-corrected chi connectivity index (χ0v) is 12.9. The molecule has 0 aliphatic rings. The fourth-order valence-corrected chi connectivity index (χ4v) is 2.03. The summed E-state index contributed by atoms with van der Waals surface area (Å²) >= 11 is 0. The van der Waals surface area contributed by atoms with E-state index in [1.54, 1.807) is 13.3 Å². The molecule has 0 fully saturated rings. The van der Waals surface area contributed by atoms with Crippen LogP contribution >= 0.6 is 0 Å². The van der Waals surface area contributed by atoms with Gasteiger partial charge >= 0.3 is 0 Å². The number of nitrogens with zero attached hydrogens (tertiary/aromatic N) is 2. The van der Waals surface area contributed by atoms with Crippen molar-refractivity contribution in [2.75, 3.05) is 13.7 Å². The van der Waals surface area contributed by atoms with Crippen LogP contribution < -0.4 is 14.8 Å². The fraction of sp³-hybridized carbons (Fsp3) is 0.438. The Bertz CT molecular complexity index is 538. The molecule has 0 radical (unpaired) electrons. The van der Waals surface area contributed by atoms with Gasteiger partial charge in [-0.2, -0.15) is 5.10 Å². The van der Waals surface area contributed by atoms with Crippen LogP contribution in [0.1, 0.15) is 19.4 Å². The molecule has 0 amide bonds. The van der Waals surface area contributed by atoms with E-state index >= 15 is 0 Å². The van der Waals surface area contributed by atoms with Crippen molar-refractivity contribution in [1.82, 2.24) is 15.1 Å². The smallest absolute Gasteiger partial charge is 0.161 e. The van der Waals surface area contributed by atoms with Gasteiger partial charge in [-0.1, -0.05) is 6.07 Å². The molecule has 0 aliphatic carbocycles. The van der Waals surface area contributed by atoms with Crippen LogP contribution in [0.25, 0.3) is 0 Å².